The van der Waals surface area contributed by atoms with E-state index in [-0.39, 0.29) is 44.0 Å². The molecule has 7 heteroatoms. The van der Waals surface area contributed by atoms with Gasteiger partial charge in [-0.2, -0.15) is 8.78 Å². The molecule has 2 rings (SSSR count). The van der Waals surface area contributed by atoms with Gasteiger partial charge < -0.3 is 9.84 Å². The van der Waals surface area contributed by atoms with Crippen LogP contribution in [0.15, 0.2) is 42.5 Å². The molecule has 0 radical (unpaired) electrons. The van der Waals surface area contributed by atoms with Gasteiger partial charge in [-0.15, -0.1) is 0 Å². The van der Waals surface area contributed by atoms with Crippen molar-refractivity contribution in [2.24, 2.45) is 11.8 Å². The molecule has 36 heavy (non-hydrogen) atoms. The number of halogens is 2. The first-order chi connectivity index (χ1) is 17.2. The maximum atomic E-state index is 14.0. The highest BCUT2D eigenvalue weighted by molar-refractivity contribution is 5.86. The Balaban J connectivity index is 1.64. The third-order valence-electron chi connectivity index (χ3n) is 6.84. The van der Waals surface area contributed by atoms with Crippen LogP contribution in [-0.4, -0.2) is 34.7 Å². The van der Waals surface area contributed by atoms with E-state index in [0.717, 1.165) is 31.2 Å². The predicted molar refractivity (Wildman–Crippen MR) is 134 cm³/mol. The smallest absolute Gasteiger partial charge is 0.306 e. The van der Waals surface area contributed by atoms with E-state index in [1.807, 2.05) is 42.5 Å². The van der Waals surface area contributed by atoms with Gasteiger partial charge in [-0.3, -0.25) is 14.4 Å². The average molecular weight is 507 g/mol. The number of aliphatic hydroxyl groups is 1. The second-order valence-electron chi connectivity index (χ2n) is 9.73. The zero-order valence-electron chi connectivity index (χ0n) is 21.3. The quantitative estimate of drug-likeness (QED) is 0.151. The van der Waals surface area contributed by atoms with E-state index in [9.17, 15) is 28.3 Å². The lowest BCUT2D eigenvalue weighted by Crippen LogP contribution is -2.30. The molecule has 5 nitrogen and oxygen atoms in total. The van der Waals surface area contributed by atoms with Crippen LogP contribution < -0.4 is 0 Å². The molecule has 1 aliphatic rings. The fraction of sp³-hybridized carbons (Fsp3) is 0.621. The van der Waals surface area contributed by atoms with E-state index < -0.39 is 36.1 Å². The van der Waals surface area contributed by atoms with Gasteiger partial charge in [0.1, 0.15) is 12.4 Å². The second kappa shape index (κ2) is 15.6. The summed E-state index contributed by atoms with van der Waals surface area (Å²) >= 11 is 0. The van der Waals surface area contributed by atoms with Gasteiger partial charge in [-0.25, -0.2) is 0 Å². The van der Waals surface area contributed by atoms with Crippen LogP contribution >= 0.6 is 0 Å². The fourth-order valence-corrected chi connectivity index (χ4v) is 4.61. The molecular formula is C29H40F2O5. The number of benzene rings is 1. The molecule has 1 fully saturated rings. The third-order valence-corrected chi connectivity index (χ3v) is 6.84. The Morgan fingerprint density at radius 1 is 1.08 bits per heavy atom. The largest absolute Gasteiger partial charge is 0.461 e. The molecule has 1 N–H and O–H groups in total. The van der Waals surface area contributed by atoms with Crippen molar-refractivity contribution in [3.8, 4) is 0 Å². The van der Waals surface area contributed by atoms with E-state index >= 15 is 0 Å². The minimum Gasteiger partial charge on any atom is -0.461 e. The Morgan fingerprint density at radius 3 is 2.56 bits per heavy atom. The SMILES string of the molecule is CCCCC(F)(F)C(=O)CC[C@@H]1C(CC=CCCCCCC(=O)OCc2ccccc2)C(=O)C[C@H]1O. The van der Waals surface area contributed by atoms with Gasteiger partial charge in [0.15, 0.2) is 0 Å². The van der Waals surface area contributed by atoms with E-state index in [1.54, 1.807) is 6.92 Å². The van der Waals surface area contributed by atoms with E-state index in [4.69, 9.17) is 4.74 Å². The highest BCUT2D eigenvalue weighted by Crippen LogP contribution is 2.36. The van der Waals surface area contributed by atoms with Crippen molar-refractivity contribution in [1.82, 2.24) is 0 Å². The van der Waals surface area contributed by atoms with Gasteiger partial charge in [0.25, 0.3) is 0 Å². The molecule has 3 atom stereocenters. The van der Waals surface area contributed by atoms with Gasteiger partial charge in [-0.1, -0.05) is 62.2 Å². The first kappa shape index (κ1) is 29.8. The van der Waals surface area contributed by atoms with Crippen molar-refractivity contribution < 1.29 is 33.0 Å². The number of rotatable bonds is 17. The number of Topliss-reactive ketones (excluding diaryl/α,β-unsaturated/α-hetero) is 2. The highest BCUT2D eigenvalue weighted by atomic mass is 19.3. The third kappa shape index (κ3) is 10.3. The Morgan fingerprint density at radius 2 is 1.83 bits per heavy atom. The number of carbonyl (C=O) groups is 3. The number of allylic oxidation sites excluding steroid dienone is 2. The van der Waals surface area contributed by atoms with Crippen molar-refractivity contribution in [3.05, 3.63) is 48.0 Å². The molecule has 0 spiro atoms. The van der Waals surface area contributed by atoms with Crippen LogP contribution in [0, 0.1) is 11.8 Å². The molecule has 0 saturated heterocycles. The lowest BCUT2D eigenvalue weighted by molar-refractivity contribution is -0.145. The first-order valence-electron chi connectivity index (χ1n) is 13.2. The molecule has 1 aromatic rings. The van der Waals surface area contributed by atoms with Crippen LogP contribution in [0.1, 0.15) is 89.5 Å². The number of hydrogen-bond acceptors (Lipinski definition) is 5. The summed E-state index contributed by atoms with van der Waals surface area (Å²) < 4.78 is 33.2. The summed E-state index contributed by atoms with van der Waals surface area (Å²) in [7, 11) is 0. The monoisotopic (exact) mass is 506 g/mol. The number of esters is 1. The topological polar surface area (TPSA) is 80.7 Å². The Kier molecular flexibility index (Phi) is 13.0. The van der Waals surface area contributed by atoms with E-state index in [0.29, 0.717) is 19.3 Å². The number of aliphatic hydroxyl groups excluding tert-OH is 1. The van der Waals surface area contributed by atoms with Gasteiger partial charge in [0, 0.05) is 31.6 Å². The molecule has 200 valence electrons. The maximum absolute atomic E-state index is 14.0. The lowest BCUT2D eigenvalue weighted by Gasteiger charge is -2.21. The zero-order chi connectivity index (χ0) is 26.4. The second-order valence-corrected chi connectivity index (χ2v) is 9.73. The molecular weight excluding hydrogens is 466 g/mol. The minimum atomic E-state index is -3.34. The van der Waals surface area contributed by atoms with Crippen molar-refractivity contribution in [3.63, 3.8) is 0 Å². The number of ketones is 2. The summed E-state index contributed by atoms with van der Waals surface area (Å²) in [5.74, 6) is -5.61. The maximum Gasteiger partial charge on any atom is 0.306 e. The zero-order valence-corrected chi connectivity index (χ0v) is 21.3. The molecule has 1 saturated carbocycles. The summed E-state index contributed by atoms with van der Waals surface area (Å²) in [6, 6.07) is 9.54. The van der Waals surface area contributed by atoms with Gasteiger partial charge in [0.05, 0.1) is 6.10 Å². The highest BCUT2D eigenvalue weighted by Gasteiger charge is 2.43. The van der Waals surface area contributed by atoms with Crippen LogP contribution in [0.5, 0.6) is 0 Å². The summed E-state index contributed by atoms with van der Waals surface area (Å²) in [5.41, 5.74) is 0.961. The fourth-order valence-electron chi connectivity index (χ4n) is 4.61. The van der Waals surface area contributed by atoms with Crippen LogP contribution in [0.25, 0.3) is 0 Å². The van der Waals surface area contributed by atoms with Gasteiger partial charge in [0.2, 0.25) is 5.78 Å². The van der Waals surface area contributed by atoms with Gasteiger partial charge >= 0.3 is 11.9 Å². The number of hydrogen-bond donors (Lipinski definition) is 1. The summed E-state index contributed by atoms with van der Waals surface area (Å²) in [6.45, 7) is 2.08. The van der Waals surface area contributed by atoms with Crippen LogP contribution in [0.4, 0.5) is 8.78 Å². The van der Waals surface area contributed by atoms with Crippen molar-refractivity contribution in [1.29, 1.82) is 0 Å². The minimum absolute atomic E-state index is 0.0178. The Labute approximate surface area is 213 Å². The average Bonchev–Trinajstić information content (AvgIpc) is 3.13. The van der Waals surface area contributed by atoms with Crippen LogP contribution in [0.3, 0.4) is 0 Å². The van der Waals surface area contributed by atoms with Crippen LogP contribution in [-0.2, 0) is 25.7 Å². The van der Waals surface area contributed by atoms with Crippen molar-refractivity contribution >= 4 is 17.5 Å². The Bertz CT molecular complexity index is 852. The molecule has 0 bridgehead atoms. The number of unbranched alkanes of at least 4 members (excludes halogenated alkanes) is 4. The predicted octanol–water partition coefficient (Wildman–Crippen LogP) is 6.37. The molecule has 0 aliphatic heterocycles. The standard InChI is InChI=1S/C29H40F2O5/c1-2-3-19-29(30,31)27(34)18-17-24-23(25(32)20-26(24)33)15-11-6-4-5-7-12-16-28(35)36-21-22-13-9-8-10-14-22/h6,8-11,13-14,23-24,26,33H,2-5,7,12,15-21H2,1H3/t23?,24-,26-/m1/s1. The normalized spacial score (nSPS) is 20.2. The summed E-state index contributed by atoms with van der Waals surface area (Å²) in [5, 5.41) is 10.3. The number of alkyl halides is 2. The molecule has 0 aromatic heterocycles. The summed E-state index contributed by atoms with van der Waals surface area (Å²) in [4.78, 5) is 36.1. The molecule has 1 unspecified atom stereocenters. The number of carbonyl (C=O) groups excluding carboxylic acids is 3. The van der Waals surface area contributed by atoms with E-state index in [2.05, 4.69) is 0 Å². The van der Waals surface area contributed by atoms with E-state index in [1.165, 1.54) is 0 Å². The van der Waals surface area contributed by atoms with Crippen LogP contribution in [0.2, 0.25) is 0 Å². The first-order valence-corrected chi connectivity index (χ1v) is 13.2. The molecule has 1 aromatic carbocycles. The lowest BCUT2D eigenvalue weighted by atomic mass is 9.86. The Hall–Kier alpha value is -2.41. The molecule has 0 amide bonds. The summed E-state index contributed by atoms with van der Waals surface area (Å²) in [6.07, 6.45) is 7.37. The van der Waals surface area contributed by atoms with Crippen molar-refractivity contribution in [2.75, 3.05) is 0 Å². The van der Waals surface area contributed by atoms with Crippen molar-refractivity contribution in [2.45, 2.75) is 103 Å². The molecule has 1 aliphatic carbocycles. The van der Waals surface area contributed by atoms with Gasteiger partial charge in [-0.05, 0) is 50.0 Å². The number of ether oxygens (including phenoxy) is 1. The molecule has 0 heterocycles.